The standard InChI is InChI=1S/C13H20BrN3O/c1-4-7-17(9-8-16(2)3)13(18)11-5-6-15-12(14)10-11/h5-6,10H,4,7-9H2,1-3H3. The summed E-state index contributed by atoms with van der Waals surface area (Å²) in [4.78, 5) is 20.4. The molecule has 0 fully saturated rings. The van der Waals surface area contributed by atoms with E-state index in [1.54, 1.807) is 18.3 Å². The van der Waals surface area contributed by atoms with Gasteiger partial charge in [0.15, 0.2) is 0 Å². The molecular weight excluding hydrogens is 294 g/mol. The molecular formula is C13H20BrN3O. The lowest BCUT2D eigenvalue weighted by Crippen LogP contribution is -2.37. The Hall–Kier alpha value is -0.940. The fourth-order valence-electron chi connectivity index (χ4n) is 1.62. The Morgan fingerprint density at radius 1 is 1.33 bits per heavy atom. The SMILES string of the molecule is CCCN(CCN(C)C)C(=O)c1ccnc(Br)c1. The Morgan fingerprint density at radius 3 is 2.61 bits per heavy atom. The molecule has 0 aliphatic heterocycles. The summed E-state index contributed by atoms with van der Waals surface area (Å²) in [6.45, 7) is 4.49. The van der Waals surface area contributed by atoms with E-state index >= 15 is 0 Å². The van der Waals surface area contributed by atoms with Gasteiger partial charge in [0.2, 0.25) is 0 Å². The molecule has 0 spiro atoms. The molecule has 1 aromatic heterocycles. The largest absolute Gasteiger partial charge is 0.337 e. The summed E-state index contributed by atoms with van der Waals surface area (Å²) in [5.41, 5.74) is 0.684. The van der Waals surface area contributed by atoms with Gasteiger partial charge in [-0.05, 0) is 48.6 Å². The topological polar surface area (TPSA) is 36.4 Å². The molecule has 4 nitrogen and oxygen atoms in total. The van der Waals surface area contributed by atoms with Crippen molar-refractivity contribution in [3.8, 4) is 0 Å². The van der Waals surface area contributed by atoms with Crippen molar-refractivity contribution in [2.75, 3.05) is 33.7 Å². The highest BCUT2D eigenvalue weighted by Crippen LogP contribution is 2.11. The molecule has 5 heteroatoms. The monoisotopic (exact) mass is 313 g/mol. The summed E-state index contributed by atoms with van der Waals surface area (Å²) in [6.07, 6.45) is 2.61. The molecule has 0 bridgehead atoms. The second kappa shape index (κ2) is 7.48. The van der Waals surface area contributed by atoms with Crippen LogP contribution < -0.4 is 0 Å². The van der Waals surface area contributed by atoms with E-state index in [1.807, 2.05) is 19.0 Å². The lowest BCUT2D eigenvalue weighted by Gasteiger charge is -2.24. The predicted molar refractivity (Wildman–Crippen MR) is 76.7 cm³/mol. The van der Waals surface area contributed by atoms with Gasteiger partial charge in [0, 0.05) is 31.4 Å². The molecule has 0 aliphatic carbocycles. The van der Waals surface area contributed by atoms with E-state index in [9.17, 15) is 4.79 Å². The first kappa shape index (κ1) is 15.1. The minimum atomic E-state index is 0.0711. The van der Waals surface area contributed by atoms with E-state index in [4.69, 9.17) is 0 Å². The van der Waals surface area contributed by atoms with E-state index in [2.05, 4.69) is 32.7 Å². The van der Waals surface area contributed by atoms with Crippen molar-refractivity contribution in [2.24, 2.45) is 0 Å². The number of rotatable bonds is 6. The third-order valence-electron chi connectivity index (χ3n) is 2.57. The second-order valence-electron chi connectivity index (χ2n) is 4.46. The van der Waals surface area contributed by atoms with Crippen molar-refractivity contribution in [2.45, 2.75) is 13.3 Å². The molecule has 0 atom stereocenters. The summed E-state index contributed by atoms with van der Waals surface area (Å²) in [6, 6.07) is 3.52. The molecule has 0 unspecified atom stereocenters. The van der Waals surface area contributed by atoms with Crippen LogP contribution >= 0.6 is 15.9 Å². The Morgan fingerprint density at radius 2 is 2.06 bits per heavy atom. The molecule has 0 radical (unpaired) electrons. The number of likely N-dealkylation sites (N-methyl/N-ethyl adjacent to an activating group) is 1. The lowest BCUT2D eigenvalue weighted by molar-refractivity contribution is 0.0744. The van der Waals surface area contributed by atoms with Crippen LogP contribution in [-0.4, -0.2) is 54.4 Å². The van der Waals surface area contributed by atoms with Crippen molar-refractivity contribution in [3.05, 3.63) is 28.5 Å². The number of amides is 1. The van der Waals surface area contributed by atoms with Crippen LogP contribution in [0.4, 0.5) is 0 Å². The highest BCUT2D eigenvalue weighted by molar-refractivity contribution is 9.10. The number of pyridine rings is 1. The van der Waals surface area contributed by atoms with Crippen LogP contribution in [-0.2, 0) is 0 Å². The average Bonchev–Trinajstić information content (AvgIpc) is 2.33. The maximum absolute atomic E-state index is 12.4. The van der Waals surface area contributed by atoms with Gasteiger partial charge in [-0.1, -0.05) is 6.92 Å². The van der Waals surface area contributed by atoms with E-state index in [0.717, 1.165) is 26.1 Å². The zero-order valence-electron chi connectivity index (χ0n) is 11.2. The summed E-state index contributed by atoms with van der Waals surface area (Å²) in [7, 11) is 4.02. The van der Waals surface area contributed by atoms with Gasteiger partial charge in [-0.25, -0.2) is 4.98 Å². The smallest absolute Gasteiger partial charge is 0.254 e. The van der Waals surface area contributed by atoms with Gasteiger partial charge >= 0.3 is 0 Å². The zero-order valence-corrected chi connectivity index (χ0v) is 12.8. The summed E-state index contributed by atoms with van der Waals surface area (Å²) in [5.74, 6) is 0.0711. The fourth-order valence-corrected chi connectivity index (χ4v) is 1.99. The molecule has 1 amide bonds. The number of halogens is 1. The normalized spacial score (nSPS) is 10.7. The van der Waals surface area contributed by atoms with Crippen molar-refractivity contribution in [1.29, 1.82) is 0 Å². The van der Waals surface area contributed by atoms with E-state index in [-0.39, 0.29) is 5.91 Å². The number of nitrogens with zero attached hydrogens (tertiary/aromatic N) is 3. The van der Waals surface area contributed by atoms with Crippen LogP contribution in [0, 0.1) is 0 Å². The van der Waals surface area contributed by atoms with Gasteiger partial charge in [0.1, 0.15) is 4.60 Å². The summed E-state index contributed by atoms with van der Waals surface area (Å²) < 4.78 is 0.692. The first-order chi connectivity index (χ1) is 8.54. The predicted octanol–water partition coefficient (Wildman–Crippen LogP) is 2.26. The quantitative estimate of drug-likeness (QED) is 0.756. The van der Waals surface area contributed by atoms with E-state index < -0.39 is 0 Å². The third-order valence-corrected chi connectivity index (χ3v) is 3.01. The molecule has 0 saturated heterocycles. The highest BCUT2D eigenvalue weighted by atomic mass is 79.9. The Bertz CT molecular complexity index is 396. The molecule has 0 aromatic carbocycles. The third kappa shape index (κ3) is 4.74. The van der Waals surface area contributed by atoms with Gasteiger partial charge in [-0.3, -0.25) is 4.79 Å². The Kier molecular flexibility index (Phi) is 6.29. The maximum Gasteiger partial charge on any atom is 0.254 e. The Labute approximate surface area is 117 Å². The molecule has 1 heterocycles. The minimum Gasteiger partial charge on any atom is -0.337 e. The van der Waals surface area contributed by atoms with Crippen molar-refractivity contribution >= 4 is 21.8 Å². The van der Waals surface area contributed by atoms with Crippen molar-refractivity contribution in [3.63, 3.8) is 0 Å². The highest BCUT2D eigenvalue weighted by Gasteiger charge is 2.15. The van der Waals surface area contributed by atoms with Gasteiger partial charge in [-0.2, -0.15) is 0 Å². The van der Waals surface area contributed by atoms with Gasteiger partial charge in [0.05, 0.1) is 0 Å². The summed E-state index contributed by atoms with van der Waals surface area (Å²) >= 11 is 3.29. The summed E-state index contributed by atoms with van der Waals surface area (Å²) in [5, 5.41) is 0. The number of hydrogen-bond donors (Lipinski definition) is 0. The van der Waals surface area contributed by atoms with Crippen LogP contribution in [0.5, 0.6) is 0 Å². The van der Waals surface area contributed by atoms with Crippen molar-refractivity contribution in [1.82, 2.24) is 14.8 Å². The number of carbonyl (C=O) groups is 1. The molecule has 0 aliphatic rings. The van der Waals surface area contributed by atoms with Gasteiger partial charge in [-0.15, -0.1) is 0 Å². The molecule has 100 valence electrons. The number of hydrogen-bond acceptors (Lipinski definition) is 3. The first-order valence-electron chi connectivity index (χ1n) is 6.10. The van der Waals surface area contributed by atoms with Gasteiger partial charge in [0.25, 0.3) is 5.91 Å². The molecule has 18 heavy (non-hydrogen) atoms. The first-order valence-corrected chi connectivity index (χ1v) is 6.89. The van der Waals surface area contributed by atoms with Crippen LogP contribution in [0.1, 0.15) is 23.7 Å². The molecule has 1 aromatic rings. The maximum atomic E-state index is 12.4. The second-order valence-corrected chi connectivity index (χ2v) is 5.28. The van der Waals surface area contributed by atoms with Crippen LogP contribution in [0.25, 0.3) is 0 Å². The number of carbonyl (C=O) groups excluding carboxylic acids is 1. The Balaban J connectivity index is 2.75. The van der Waals surface area contributed by atoms with Crippen LogP contribution in [0.2, 0.25) is 0 Å². The fraction of sp³-hybridized carbons (Fsp3) is 0.538. The van der Waals surface area contributed by atoms with Crippen LogP contribution in [0.3, 0.4) is 0 Å². The minimum absolute atomic E-state index is 0.0711. The number of aromatic nitrogens is 1. The zero-order chi connectivity index (χ0) is 13.5. The molecule has 0 N–H and O–H groups in total. The van der Waals surface area contributed by atoms with E-state index in [1.165, 1.54) is 0 Å². The molecule has 0 saturated carbocycles. The lowest BCUT2D eigenvalue weighted by atomic mass is 10.2. The van der Waals surface area contributed by atoms with Crippen molar-refractivity contribution < 1.29 is 4.79 Å². The average molecular weight is 314 g/mol. The van der Waals surface area contributed by atoms with Gasteiger partial charge < -0.3 is 9.80 Å². The van der Waals surface area contributed by atoms with Crippen LogP contribution in [0.15, 0.2) is 22.9 Å². The molecule has 1 rings (SSSR count). The van der Waals surface area contributed by atoms with E-state index in [0.29, 0.717) is 10.2 Å².